The highest BCUT2D eigenvalue weighted by atomic mass is 16.6. The molecule has 1 aliphatic rings. The lowest BCUT2D eigenvalue weighted by atomic mass is 10.0. The Kier molecular flexibility index (Phi) is 9.09. The van der Waals surface area contributed by atoms with Gasteiger partial charge in [0.2, 0.25) is 0 Å². The third kappa shape index (κ3) is 6.38. The average molecular weight is 523 g/mol. The Morgan fingerprint density at radius 3 is 2.55 bits per heavy atom. The summed E-state index contributed by atoms with van der Waals surface area (Å²) in [6.07, 6.45) is 1.98. The van der Waals surface area contributed by atoms with Gasteiger partial charge in [-0.15, -0.1) is 0 Å². The lowest BCUT2D eigenvalue weighted by Gasteiger charge is -2.26. The SMILES string of the molecule is CCCc1cc(OCC(=O)OCCN2CCOCC2)c2c(C(=O)C(N)=O)c(C)c(Cc3ccccc3)n2n1. The van der Waals surface area contributed by atoms with E-state index in [-0.39, 0.29) is 24.5 Å². The molecule has 0 unspecified atom stereocenters. The van der Waals surface area contributed by atoms with Crippen LogP contribution in [0.1, 0.15) is 46.2 Å². The van der Waals surface area contributed by atoms with Crippen LogP contribution in [0.3, 0.4) is 0 Å². The van der Waals surface area contributed by atoms with Crippen molar-refractivity contribution >= 4 is 23.2 Å². The van der Waals surface area contributed by atoms with Crippen LogP contribution in [0.15, 0.2) is 36.4 Å². The summed E-state index contributed by atoms with van der Waals surface area (Å²) in [5.74, 6) is -2.15. The zero-order valence-corrected chi connectivity index (χ0v) is 21.9. The van der Waals surface area contributed by atoms with Crippen LogP contribution in [0.25, 0.3) is 5.52 Å². The molecule has 1 amide bonds. The van der Waals surface area contributed by atoms with E-state index < -0.39 is 17.7 Å². The molecule has 0 atom stereocenters. The number of aromatic nitrogens is 2. The molecule has 3 aromatic rings. The van der Waals surface area contributed by atoms with Crippen LogP contribution in [-0.4, -0.2) is 78.2 Å². The van der Waals surface area contributed by atoms with E-state index in [9.17, 15) is 14.4 Å². The topological polar surface area (TPSA) is 125 Å². The number of benzene rings is 1. The van der Waals surface area contributed by atoms with Gasteiger partial charge in [-0.25, -0.2) is 9.31 Å². The maximum atomic E-state index is 13.0. The zero-order valence-electron chi connectivity index (χ0n) is 21.9. The number of nitrogens with zero attached hydrogens (tertiary/aromatic N) is 3. The second-order valence-corrected chi connectivity index (χ2v) is 9.28. The number of morpholine rings is 1. The highest BCUT2D eigenvalue weighted by molar-refractivity contribution is 6.44. The molecule has 1 saturated heterocycles. The third-order valence-corrected chi connectivity index (χ3v) is 6.56. The first-order valence-electron chi connectivity index (χ1n) is 12.9. The van der Waals surface area contributed by atoms with Crippen LogP contribution >= 0.6 is 0 Å². The van der Waals surface area contributed by atoms with Crippen LogP contribution in [0, 0.1) is 6.92 Å². The summed E-state index contributed by atoms with van der Waals surface area (Å²) in [5.41, 5.74) is 8.95. The quantitative estimate of drug-likeness (QED) is 0.218. The van der Waals surface area contributed by atoms with E-state index in [4.69, 9.17) is 25.0 Å². The van der Waals surface area contributed by atoms with Crippen LogP contribution in [0.5, 0.6) is 5.75 Å². The van der Waals surface area contributed by atoms with Crippen molar-refractivity contribution in [3.63, 3.8) is 0 Å². The normalized spacial score (nSPS) is 13.9. The fourth-order valence-corrected chi connectivity index (χ4v) is 4.61. The second-order valence-electron chi connectivity index (χ2n) is 9.28. The Balaban J connectivity index is 1.64. The maximum Gasteiger partial charge on any atom is 0.344 e. The van der Waals surface area contributed by atoms with Crippen molar-refractivity contribution in [1.29, 1.82) is 0 Å². The average Bonchev–Trinajstić information content (AvgIpc) is 3.19. The molecule has 0 aliphatic carbocycles. The number of Topliss-reactive ketones (excluding diaryl/α,β-unsaturated/α-hetero) is 1. The summed E-state index contributed by atoms with van der Waals surface area (Å²) in [5, 5.41) is 4.77. The molecule has 202 valence electrons. The fourth-order valence-electron chi connectivity index (χ4n) is 4.61. The van der Waals surface area contributed by atoms with Crippen LogP contribution in [0.4, 0.5) is 0 Å². The minimum absolute atomic E-state index is 0.134. The van der Waals surface area contributed by atoms with E-state index in [0.29, 0.717) is 43.7 Å². The molecule has 2 aromatic heterocycles. The lowest BCUT2D eigenvalue weighted by Crippen LogP contribution is -2.38. The summed E-state index contributed by atoms with van der Waals surface area (Å²) in [6, 6.07) is 11.5. The predicted octanol–water partition coefficient (Wildman–Crippen LogP) is 2.11. The number of aryl methyl sites for hydroxylation is 1. The van der Waals surface area contributed by atoms with Crippen molar-refractivity contribution in [2.24, 2.45) is 5.73 Å². The van der Waals surface area contributed by atoms with E-state index >= 15 is 0 Å². The Bertz CT molecular complexity index is 1300. The molecule has 38 heavy (non-hydrogen) atoms. The lowest BCUT2D eigenvalue weighted by molar-refractivity contribution is -0.146. The number of nitrogens with two attached hydrogens (primary N) is 1. The van der Waals surface area contributed by atoms with Crippen molar-refractivity contribution in [2.45, 2.75) is 33.1 Å². The van der Waals surface area contributed by atoms with Gasteiger partial charge in [0.15, 0.2) is 6.61 Å². The summed E-state index contributed by atoms with van der Waals surface area (Å²) in [4.78, 5) is 39.6. The van der Waals surface area contributed by atoms with Gasteiger partial charge in [-0.1, -0.05) is 43.7 Å². The highest BCUT2D eigenvalue weighted by Gasteiger charge is 2.28. The van der Waals surface area contributed by atoms with Gasteiger partial charge >= 0.3 is 5.97 Å². The molecular weight excluding hydrogens is 488 g/mol. The van der Waals surface area contributed by atoms with Gasteiger partial charge in [-0.3, -0.25) is 14.5 Å². The highest BCUT2D eigenvalue weighted by Crippen LogP contribution is 2.32. The summed E-state index contributed by atoms with van der Waals surface area (Å²) in [7, 11) is 0. The summed E-state index contributed by atoms with van der Waals surface area (Å²) >= 11 is 0. The molecule has 2 N–H and O–H groups in total. The number of primary amides is 1. The minimum atomic E-state index is -1.07. The summed E-state index contributed by atoms with van der Waals surface area (Å²) < 4.78 is 18.3. The van der Waals surface area contributed by atoms with Crippen molar-refractivity contribution < 1.29 is 28.6 Å². The zero-order chi connectivity index (χ0) is 27.1. The molecule has 0 spiro atoms. The number of carbonyl (C=O) groups is 3. The number of hydrogen-bond donors (Lipinski definition) is 1. The molecule has 0 radical (unpaired) electrons. The van der Waals surface area contributed by atoms with Crippen molar-refractivity contribution in [2.75, 3.05) is 46.1 Å². The molecule has 1 aliphatic heterocycles. The number of esters is 1. The number of carbonyl (C=O) groups excluding carboxylic acids is 3. The van der Waals surface area contributed by atoms with Gasteiger partial charge in [0.25, 0.3) is 11.7 Å². The molecule has 1 aromatic carbocycles. The predicted molar refractivity (Wildman–Crippen MR) is 140 cm³/mol. The van der Waals surface area contributed by atoms with E-state index in [1.807, 2.05) is 37.3 Å². The van der Waals surface area contributed by atoms with Crippen molar-refractivity contribution in [3.05, 3.63) is 64.5 Å². The molecule has 4 rings (SSSR count). The summed E-state index contributed by atoms with van der Waals surface area (Å²) in [6.45, 7) is 7.26. The smallest absolute Gasteiger partial charge is 0.344 e. The molecule has 1 fully saturated rings. The fraction of sp³-hybridized carbons (Fsp3) is 0.429. The van der Waals surface area contributed by atoms with Crippen LogP contribution < -0.4 is 10.5 Å². The standard InChI is InChI=1S/C28H34N4O6/c1-3-7-21-17-23(38-18-24(33)37-15-12-31-10-13-36-14-11-31)26-25(27(34)28(29)35)19(2)22(32(26)30-21)16-20-8-5-4-6-9-20/h4-6,8-9,17H,3,7,10-16,18H2,1-2H3,(H2,29,35). The largest absolute Gasteiger partial charge is 0.480 e. The monoisotopic (exact) mass is 522 g/mol. The Morgan fingerprint density at radius 2 is 1.87 bits per heavy atom. The van der Waals surface area contributed by atoms with E-state index in [2.05, 4.69) is 4.90 Å². The first-order valence-corrected chi connectivity index (χ1v) is 12.9. The third-order valence-electron chi connectivity index (χ3n) is 6.56. The Hall–Kier alpha value is -3.76. The number of ether oxygens (including phenoxy) is 3. The second kappa shape index (κ2) is 12.7. The van der Waals surface area contributed by atoms with E-state index in [1.54, 1.807) is 17.5 Å². The van der Waals surface area contributed by atoms with Gasteiger partial charge in [-0.05, 0) is 24.5 Å². The van der Waals surface area contributed by atoms with Gasteiger partial charge in [0, 0.05) is 32.1 Å². The van der Waals surface area contributed by atoms with Crippen LogP contribution in [0.2, 0.25) is 0 Å². The number of ketones is 1. The molecule has 10 nitrogen and oxygen atoms in total. The van der Waals surface area contributed by atoms with E-state index in [0.717, 1.165) is 36.5 Å². The number of hydrogen-bond acceptors (Lipinski definition) is 8. The number of fused-ring (bicyclic) bond motifs is 1. The van der Waals surface area contributed by atoms with Crippen LogP contribution in [-0.2, 0) is 31.9 Å². The van der Waals surface area contributed by atoms with Crippen molar-refractivity contribution in [1.82, 2.24) is 14.5 Å². The van der Waals surface area contributed by atoms with Crippen molar-refractivity contribution in [3.8, 4) is 5.75 Å². The van der Waals surface area contributed by atoms with E-state index in [1.165, 1.54) is 0 Å². The molecule has 3 heterocycles. The number of rotatable bonds is 12. The Morgan fingerprint density at radius 1 is 1.13 bits per heavy atom. The molecule has 0 bridgehead atoms. The van der Waals surface area contributed by atoms with Gasteiger partial charge < -0.3 is 19.9 Å². The molecule has 0 saturated carbocycles. The minimum Gasteiger partial charge on any atom is -0.480 e. The van der Waals surface area contributed by atoms with Gasteiger partial charge in [0.05, 0.1) is 30.2 Å². The van der Waals surface area contributed by atoms with Gasteiger partial charge in [-0.2, -0.15) is 5.10 Å². The molecular formula is C28H34N4O6. The maximum absolute atomic E-state index is 13.0. The number of amides is 1. The first kappa shape index (κ1) is 27.3. The van der Waals surface area contributed by atoms with Gasteiger partial charge in [0.1, 0.15) is 17.9 Å². The first-order chi connectivity index (χ1) is 18.4. The Labute approximate surface area is 221 Å². The molecule has 10 heteroatoms.